The van der Waals surface area contributed by atoms with Crippen molar-refractivity contribution >= 4 is 23.4 Å². The highest BCUT2D eigenvalue weighted by atomic mass is 16.6. The number of aliphatic carboxylic acids is 2. The Morgan fingerprint density at radius 2 is 0.985 bits per heavy atom. The van der Waals surface area contributed by atoms with Crippen LogP contribution < -0.4 is 9.47 Å². The number of ether oxygens (including phenoxy) is 2. The molecule has 2 unspecified atom stereocenters. The lowest BCUT2D eigenvalue weighted by atomic mass is 9.95. The van der Waals surface area contributed by atoms with E-state index in [9.17, 15) is 19.8 Å². The molecular formula is C51H58N4O10. The van der Waals surface area contributed by atoms with Gasteiger partial charge in [-0.2, -0.15) is 0 Å². The van der Waals surface area contributed by atoms with Crippen LogP contribution in [0.25, 0.3) is 22.9 Å². The summed E-state index contributed by atoms with van der Waals surface area (Å²) in [6.07, 6.45) is 2.73. The van der Waals surface area contributed by atoms with Crippen LogP contribution in [0.4, 0.5) is 0 Å². The number of oxazole rings is 2. The standard InChI is InChI=1S/C26H30N2O5.C25H28N2O5/c1-4-15-32-28-18(2)23(26(29)30)17-20-10-12-22(13-11-20)31-16-14-24-19(3)33-25(27-24)21-8-6-5-7-9-21;1-4-31-27-17(2)22(25(28)29)16-19-10-12-21(13-11-19)30-15-14-23-18(3)32-24(26-23)20-8-6-5-7-9-20/h5-13,23H,4,14-17H2,1-3H3,(H,29,30);5-13,22H,4,14-16H2,1-3H3,(H,28,29). The molecule has 0 aliphatic heterocycles. The second kappa shape index (κ2) is 25.2. The molecular weight excluding hydrogens is 829 g/mol. The minimum atomic E-state index is -0.927. The summed E-state index contributed by atoms with van der Waals surface area (Å²) in [5.41, 5.74) is 6.30. The molecule has 14 nitrogen and oxygen atoms in total. The van der Waals surface area contributed by atoms with E-state index in [1.54, 1.807) is 20.8 Å². The highest BCUT2D eigenvalue weighted by molar-refractivity contribution is 6.00. The molecule has 2 N–H and O–H groups in total. The van der Waals surface area contributed by atoms with Crippen molar-refractivity contribution in [1.82, 2.24) is 9.97 Å². The smallest absolute Gasteiger partial charge is 0.312 e. The Morgan fingerprint density at radius 3 is 1.35 bits per heavy atom. The Labute approximate surface area is 379 Å². The molecule has 2 atom stereocenters. The molecule has 342 valence electrons. The number of oxime groups is 2. The number of carbonyl (C=O) groups is 2. The van der Waals surface area contributed by atoms with Crippen molar-refractivity contribution in [3.8, 4) is 34.4 Å². The Bertz CT molecular complexity index is 2440. The molecule has 0 radical (unpaired) electrons. The SMILES string of the molecule is CCCON=C(C)C(Cc1ccc(OCCc2nc(-c3ccccc3)oc2C)cc1)C(=O)O.CCON=C(C)C(Cc1ccc(OCCc2nc(-c3ccccc3)oc2C)cc1)C(=O)O. The van der Waals surface area contributed by atoms with Gasteiger partial charge in [0, 0.05) is 24.0 Å². The summed E-state index contributed by atoms with van der Waals surface area (Å²) in [6.45, 7) is 12.7. The first-order valence-electron chi connectivity index (χ1n) is 21.7. The second-order valence-corrected chi connectivity index (χ2v) is 15.2. The average Bonchev–Trinajstić information content (AvgIpc) is 3.88. The molecule has 2 heterocycles. The number of carboxylic acid groups (broad SMARTS) is 2. The molecule has 0 saturated heterocycles. The van der Waals surface area contributed by atoms with Gasteiger partial charge in [0.05, 0.1) is 36.0 Å². The van der Waals surface area contributed by atoms with E-state index in [0.29, 0.717) is 86.8 Å². The van der Waals surface area contributed by atoms with Gasteiger partial charge >= 0.3 is 11.9 Å². The quantitative estimate of drug-likeness (QED) is 0.0353. The van der Waals surface area contributed by atoms with Gasteiger partial charge < -0.3 is 38.2 Å². The van der Waals surface area contributed by atoms with Crippen LogP contribution >= 0.6 is 0 Å². The van der Waals surface area contributed by atoms with Crippen molar-refractivity contribution in [2.75, 3.05) is 26.4 Å². The summed E-state index contributed by atoms with van der Waals surface area (Å²) < 4.78 is 23.3. The fourth-order valence-corrected chi connectivity index (χ4v) is 6.53. The Balaban J connectivity index is 0.000000244. The van der Waals surface area contributed by atoms with E-state index in [1.807, 2.05) is 130 Å². The third-order valence-electron chi connectivity index (χ3n) is 10.2. The predicted octanol–water partition coefficient (Wildman–Crippen LogP) is 10.2. The van der Waals surface area contributed by atoms with Crippen molar-refractivity contribution in [2.24, 2.45) is 22.1 Å². The lowest BCUT2D eigenvalue weighted by Crippen LogP contribution is -2.24. The number of aromatic nitrogens is 2. The molecule has 0 spiro atoms. The minimum Gasteiger partial charge on any atom is -0.493 e. The zero-order valence-electron chi connectivity index (χ0n) is 37.9. The normalized spacial score (nSPS) is 12.4. The molecule has 14 heteroatoms. The number of hydrogen-bond donors (Lipinski definition) is 2. The molecule has 2 aromatic heterocycles. The highest BCUT2D eigenvalue weighted by Crippen LogP contribution is 2.24. The van der Waals surface area contributed by atoms with Crippen LogP contribution in [0.2, 0.25) is 0 Å². The van der Waals surface area contributed by atoms with Crippen molar-refractivity contribution in [1.29, 1.82) is 0 Å². The first kappa shape index (κ1) is 48.8. The van der Waals surface area contributed by atoms with Crippen LogP contribution in [0.5, 0.6) is 11.5 Å². The van der Waals surface area contributed by atoms with Gasteiger partial charge in [0.15, 0.2) is 0 Å². The molecule has 0 saturated carbocycles. The van der Waals surface area contributed by atoms with E-state index in [-0.39, 0.29) is 0 Å². The van der Waals surface area contributed by atoms with E-state index in [2.05, 4.69) is 20.3 Å². The number of nitrogens with zero attached hydrogens (tertiary/aromatic N) is 4. The van der Waals surface area contributed by atoms with Crippen molar-refractivity contribution < 1.29 is 47.8 Å². The molecule has 0 fully saturated rings. The van der Waals surface area contributed by atoms with Gasteiger partial charge in [-0.15, -0.1) is 0 Å². The largest absolute Gasteiger partial charge is 0.493 e. The number of carboxylic acids is 2. The molecule has 0 bridgehead atoms. The van der Waals surface area contributed by atoms with Crippen molar-refractivity contribution in [2.45, 2.75) is 73.6 Å². The Morgan fingerprint density at radius 1 is 0.585 bits per heavy atom. The Kier molecular flexibility index (Phi) is 18.9. The first-order valence-corrected chi connectivity index (χ1v) is 21.7. The van der Waals surface area contributed by atoms with E-state index >= 15 is 0 Å². The molecule has 0 aliphatic carbocycles. The summed E-state index contributed by atoms with van der Waals surface area (Å²) in [6, 6.07) is 34.4. The number of hydrogen-bond acceptors (Lipinski definition) is 12. The predicted molar refractivity (Wildman–Crippen MR) is 248 cm³/mol. The Hall–Kier alpha value is -7.22. The third-order valence-corrected chi connectivity index (χ3v) is 10.2. The number of rotatable bonds is 23. The van der Waals surface area contributed by atoms with Crippen molar-refractivity contribution in [3.63, 3.8) is 0 Å². The maximum Gasteiger partial charge on any atom is 0.312 e. The zero-order chi connectivity index (χ0) is 46.6. The zero-order valence-corrected chi connectivity index (χ0v) is 37.9. The van der Waals surface area contributed by atoms with E-state index in [4.69, 9.17) is 28.0 Å². The van der Waals surface area contributed by atoms with Gasteiger partial charge in [0.1, 0.15) is 48.1 Å². The van der Waals surface area contributed by atoms with Gasteiger partial charge in [-0.25, -0.2) is 9.97 Å². The summed E-state index contributed by atoms with van der Waals surface area (Å²) >= 11 is 0. The van der Waals surface area contributed by atoms with Gasteiger partial charge in [0.25, 0.3) is 0 Å². The highest BCUT2D eigenvalue weighted by Gasteiger charge is 2.23. The average molecular weight is 887 g/mol. The summed E-state index contributed by atoms with van der Waals surface area (Å²) in [7, 11) is 0. The molecule has 0 amide bonds. The van der Waals surface area contributed by atoms with E-state index in [0.717, 1.165) is 51.6 Å². The third kappa shape index (κ3) is 15.2. The minimum absolute atomic E-state index is 0.332. The van der Waals surface area contributed by atoms with Gasteiger partial charge in [-0.3, -0.25) is 9.59 Å². The summed E-state index contributed by atoms with van der Waals surface area (Å²) in [4.78, 5) is 42.6. The van der Waals surface area contributed by atoms with Crippen LogP contribution in [0.15, 0.2) is 128 Å². The molecule has 4 aromatic carbocycles. The number of aryl methyl sites for hydroxylation is 2. The van der Waals surface area contributed by atoms with Gasteiger partial charge in [-0.05, 0) is 114 Å². The second-order valence-electron chi connectivity index (χ2n) is 15.2. The van der Waals surface area contributed by atoms with Gasteiger partial charge in [-0.1, -0.05) is 77.9 Å². The van der Waals surface area contributed by atoms with Crippen LogP contribution in [-0.2, 0) is 44.9 Å². The maximum atomic E-state index is 11.7. The van der Waals surface area contributed by atoms with Crippen LogP contribution in [0.3, 0.4) is 0 Å². The van der Waals surface area contributed by atoms with Crippen LogP contribution in [-0.4, -0.2) is 70.0 Å². The lowest BCUT2D eigenvalue weighted by molar-refractivity contribution is -0.140. The molecule has 0 aliphatic rings. The molecule has 6 aromatic rings. The van der Waals surface area contributed by atoms with Crippen LogP contribution in [0.1, 0.15) is 68.2 Å². The summed E-state index contributed by atoms with van der Waals surface area (Å²) in [5, 5.41) is 26.9. The maximum absolute atomic E-state index is 11.7. The first-order chi connectivity index (χ1) is 31.4. The monoisotopic (exact) mass is 886 g/mol. The topological polar surface area (TPSA) is 188 Å². The fraction of sp³-hybridized carbons (Fsp3) is 0.333. The molecule has 6 rings (SSSR count). The molecule has 65 heavy (non-hydrogen) atoms. The summed E-state index contributed by atoms with van der Waals surface area (Å²) in [5.74, 6) is 0.900. The van der Waals surface area contributed by atoms with E-state index < -0.39 is 23.8 Å². The van der Waals surface area contributed by atoms with E-state index in [1.165, 1.54) is 0 Å². The van der Waals surface area contributed by atoms with Crippen molar-refractivity contribution in [3.05, 3.63) is 143 Å². The fourth-order valence-electron chi connectivity index (χ4n) is 6.53. The van der Waals surface area contributed by atoms with Gasteiger partial charge in [0.2, 0.25) is 11.8 Å². The lowest BCUT2D eigenvalue weighted by Gasteiger charge is -2.13. The van der Waals surface area contributed by atoms with Crippen LogP contribution in [0, 0.1) is 25.7 Å². The number of benzene rings is 4.